The van der Waals surface area contributed by atoms with Crippen LogP contribution in [0.5, 0.6) is 5.75 Å². The lowest BCUT2D eigenvalue weighted by atomic mass is 10.2. The van der Waals surface area contributed by atoms with E-state index in [2.05, 4.69) is 20.4 Å². The van der Waals surface area contributed by atoms with Gasteiger partial charge in [0.1, 0.15) is 11.4 Å². The number of hydrogen-bond donors (Lipinski definition) is 1. The molecular weight excluding hydrogens is 330 g/mol. The number of aryl methyl sites for hydroxylation is 2. The molecule has 3 aromatic heterocycles. The van der Waals surface area contributed by atoms with E-state index in [-0.39, 0.29) is 5.91 Å². The molecule has 0 aliphatic heterocycles. The monoisotopic (exact) mass is 347 g/mol. The first-order chi connectivity index (χ1) is 12.5. The molecule has 130 valence electrons. The third-order valence-electron chi connectivity index (χ3n) is 4.25. The summed E-state index contributed by atoms with van der Waals surface area (Å²) < 4.78 is 6.92. The van der Waals surface area contributed by atoms with E-state index in [4.69, 9.17) is 4.74 Å². The van der Waals surface area contributed by atoms with Gasteiger partial charge in [-0.2, -0.15) is 5.10 Å². The predicted octanol–water partition coefficient (Wildman–Crippen LogP) is 3.09. The molecule has 0 aliphatic carbocycles. The molecule has 0 spiro atoms. The van der Waals surface area contributed by atoms with Gasteiger partial charge < -0.3 is 10.1 Å². The van der Waals surface area contributed by atoms with E-state index in [0.29, 0.717) is 11.4 Å². The largest absolute Gasteiger partial charge is 0.497 e. The number of nitrogens with one attached hydrogen (secondary N) is 1. The normalized spacial score (nSPS) is 11.0. The fourth-order valence-electron chi connectivity index (χ4n) is 2.93. The fourth-order valence-corrected chi connectivity index (χ4v) is 2.93. The standard InChI is InChI=1S/C19H17N5O2/c1-11-15-9-13(10-20-18(15)24(2)23-11)21-19(25)17-6-4-12-8-14(26-3)5-7-16(12)22-17/h4-10H,1-3H3,(H,21,25). The van der Waals surface area contributed by atoms with Gasteiger partial charge in [-0.1, -0.05) is 6.07 Å². The number of pyridine rings is 2. The van der Waals surface area contributed by atoms with Crippen molar-refractivity contribution < 1.29 is 9.53 Å². The minimum Gasteiger partial charge on any atom is -0.497 e. The lowest BCUT2D eigenvalue weighted by molar-refractivity contribution is 0.102. The predicted molar refractivity (Wildman–Crippen MR) is 99.5 cm³/mol. The van der Waals surface area contributed by atoms with Crippen molar-refractivity contribution in [1.82, 2.24) is 19.7 Å². The van der Waals surface area contributed by atoms with Crippen molar-refractivity contribution >= 4 is 33.5 Å². The Morgan fingerprint density at radius 1 is 1.19 bits per heavy atom. The van der Waals surface area contributed by atoms with E-state index >= 15 is 0 Å². The van der Waals surface area contributed by atoms with Crippen molar-refractivity contribution in [2.45, 2.75) is 6.92 Å². The Morgan fingerprint density at radius 3 is 2.85 bits per heavy atom. The summed E-state index contributed by atoms with van der Waals surface area (Å²) >= 11 is 0. The van der Waals surface area contributed by atoms with Gasteiger partial charge in [0.2, 0.25) is 0 Å². The van der Waals surface area contributed by atoms with Crippen LogP contribution in [0.2, 0.25) is 0 Å². The number of hydrogen-bond acceptors (Lipinski definition) is 5. The fraction of sp³-hybridized carbons (Fsp3) is 0.158. The number of nitrogens with zero attached hydrogens (tertiary/aromatic N) is 4. The molecule has 26 heavy (non-hydrogen) atoms. The van der Waals surface area contributed by atoms with Gasteiger partial charge in [0.05, 0.1) is 30.2 Å². The number of aromatic nitrogens is 4. The van der Waals surface area contributed by atoms with Gasteiger partial charge in [0.15, 0.2) is 5.65 Å². The zero-order valence-corrected chi connectivity index (χ0v) is 14.6. The molecule has 1 N–H and O–H groups in total. The molecule has 3 heterocycles. The van der Waals surface area contributed by atoms with E-state index < -0.39 is 0 Å². The summed E-state index contributed by atoms with van der Waals surface area (Å²) in [6.07, 6.45) is 1.62. The first kappa shape index (κ1) is 16.0. The van der Waals surface area contributed by atoms with E-state index in [0.717, 1.165) is 33.4 Å². The number of carbonyl (C=O) groups is 1. The molecule has 7 heteroatoms. The van der Waals surface area contributed by atoms with Gasteiger partial charge in [-0.05, 0) is 37.3 Å². The average molecular weight is 347 g/mol. The molecule has 0 radical (unpaired) electrons. The van der Waals surface area contributed by atoms with Crippen LogP contribution in [-0.2, 0) is 7.05 Å². The van der Waals surface area contributed by atoms with Crippen LogP contribution in [0.3, 0.4) is 0 Å². The molecule has 0 aliphatic rings. The van der Waals surface area contributed by atoms with Crippen molar-refractivity contribution in [3.8, 4) is 5.75 Å². The van der Waals surface area contributed by atoms with Crippen LogP contribution in [0.25, 0.3) is 21.9 Å². The van der Waals surface area contributed by atoms with Gasteiger partial charge in [0.25, 0.3) is 5.91 Å². The molecule has 0 saturated heterocycles. The second-order valence-electron chi connectivity index (χ2n) is 6.01. The van der Waals surface area contributed by atoms with Crippen LogP contribution in [0.1, 0.15) is 16.2 Å². The zero-order chi connectivity index (χ0) is 18.3. The highest BCUT2D eigenvalue weighted by atomic mass is 16.5. The van der Waals surface area contributed by atoms with Crippen molar-refractivity contribution in [2.24, 2.45) is 7.05 Å². The molecule has 0 atom stereocenters. The van der Waals surface area contributed by atoms with Gasteiger partial charge in [-0.3, -0.25) is 9.48 Å². The van der Waals surface area contributed by atoms with E-state index in [1.165, 1.54) is 0 Å². The summed E-state index contributed by atoms with van der Waals surface area (Å²) in [5.74, 6) is 0.466. The third-order valence-corrected chi connectivity index (χ3v) is 4.25. The van der Waals surface area contributed by atoms with Crippen molar-refractivity contribution in [2.75, 3.05) is 12.4 Å². The Kier molecular flexibility index (Phi) is 3.76. The molecule has 1 amide bonds. The summed E-state index contributed by atoms with van der Waals surface area (Å²) in [7, 11) is 3.46. The van der Waals surface area contributed by atoms with Crippen LogP contribution >= 0.6 is 0 Å². The minimum absolute atomic E-state index is 0.287. The number of benzene rings is 1. The number of ether oxygens (including phenoxy) is 1. The highest BCUT2D eigenvalue weighted by Gasteiger charge is 2.12. The highest BCUT2D eigenvalue weighted by Crippen LogP contribution is 2.21. The SMILES string of the molecule is COc1ccc2nc(C(=O)Nc3cnc4c(c3)c(C)nn4C)ccc2c1. The van der Waals surface area contributed by atoms with E-state index in [1.807, 2.05) is 44.3 Å². The molecule has 0 bridgehead atoms. The molecule has 1 aromatic carbocycles. The second-order valence-corrected chi connectivity index (χ2v) is 6.01. The number of anilines is 1. The molecule has 0 saturated carbocycles. The number of amides is 1. The molecule has 0 unspecified atom stereocenters. The summed E-state index contributed by atoms with van der Waals surface area (Å²) in [5.41, 5.74) is 3.32. The van der Waals surface area contributed by atoms with Gasteiger partial charge in [0, 0.05) is 17.8 Å². The van der Waals surface area contributed by atoms with Crippen molar-refractivity contribution in [1.29, 1.82) is 0 Å². The smallest absolute Gasteiger partial charge is 0.274 e. The van der Waals surface area contributed by atoms with Gasteiger partial charge in [-0.25, -0.2) is 9.97 Å². The first-order valence-corrected chi connectivity index (χ1v) is 8.10. The number of fused-ring (bicyclic) bond motifs is 2. The number of rotatable bonds is 3. The van der Waals surface area contributed by atoms with Crippen molar-refractivity contribution in [3.63, 3.8) is 0 Å². The molecular formula is C19H17N5O2. The second kappa shape index (κ2) is 6.11. The lowest BCUT2D eigenvalue weighted by Crippen LogP contribution is -2.13. The Bertz CT molecular complexity index is 1150. The van der Waals surface area contributed by atoms with E-state index in [9.17, 15) is 4.79 Å². The van der Waals surface area contributed by atoms with Crippen LogP contribution < -0.4 is 10.1 Å². The number of methoxy groups -OCH3 is 1. The van der Waals surface area contributed by atoms with Gasteiger partial charge in [-0.15, -0.1) is 0 Å². The van der Waals surface area contributed by atoms with Crippen LogP contribution in [-0.4, -0.2) is 32.8 Å². The third kappa shape index (κ3) is 2.73. The first-order valence-electron chi connectivity index (χ1n) is 8.10. The quantitative estimate of drug-likeness (QED) is 0.616. The Morgan fingerprint density at radius 2 is 2.04 bits per heavy atom. The topological polar surface area (TPSA) is 81.9 Å². The summed E-state index contributed by atoms with van der Waals surface area (Å²) in [6, 6.07) is 10.9. The van der Waals surface area contributed by atoms with E-state index in [1.54, 1.807) is 24.1 Å². The summed E-state index contributed by atoms with van der Waals surface area (Å²) in [6.45, 7) is 1.91. The summed E-state index contributed by atoms with van der Waals surface area (Å²) in [4.78, 5) is 21.4. The Balaban J connectivity index is 1.63. The number of carbonyl (C=O) groups excluding carboxylic acids is 1. The molecule has 0 fully saturated rings. The maximum atomic E-state index is 12.6. The van der Waals surface area contributed by atoms with Crippen LogP contribution in [0.15, 0.2) is 42.6 Å². The Hall–Kier alpha value is -3.48. The molecule has 4 rings (SSSR count). The molecule has 4 aromatic rings. The zero-order valence-electron chi connectivity index (χ0n) is 14.6. The maximum Gasteiger partial charge on any atom is 0.274 e. The molecule has 7 nitrogen and oxygen atoms in total. The minimum atomic E-state index is -0.287. The van der Waals surface area contributed by atoms with Crippen molar-refractivity contribution in [3.05, 3.63) is 54.0 Å². The van der Waals surface area contributed by atoms with Crippen LogP contribution in [0.4, 0.5) is 5.69 Å². The lowest BCUT2D eigenvalue weighted by Gasteiger charge is -2.07. The van der Waals surface area contributed by atoms with Crippen LogP contribution in [0, 0.1) is 6.92 Å². The Labute approximate surface area is 149 Å². The maximum absolute atomic E-state index is 12.6. The average Bonchev–Trinajstić information content (AvgIpc) is 2.94. The highest BCUT2D eigenvalue weighted by molar-refractivity contribution is 6.04. The summed E-state index contributed by atoms with van der Waals surface area (Å²) in [5, 5.41) is 9.00. The van der Waals surface area contributed by atoms with Gasteiger partial charge >= 0.3 is 0 Å².